The Balaban J connectivity index is 1.75. The van der Waals surface area contributed by atoms with Crippen LogP contribution in [0.15, 0.2) is 24.3 Å². The van der Waals surface area contributed by atoms with Crippen molar-refractivity contribution in [3.63, 3.8) is 0 Å². The van der Waals surface area contributed by atoms with E-state index in [1.807, 2.05) is 13.8 Å². The Kier molecular flexibility index (Phi) is 3.77. The number of carbonyl (C=O) groups excluding carboxylic acids is 1. The van der Waals surface area contributed by atoms with Gasteiger partial charge in [0.2, 0.25) is 10.0 Å². The Labute approximate surface area is 131 Å². The third-order valence-electron chi connectivity index (χ3n) is 4.38. The largest absolute Gasteiger partial charge is 0.375 e. The van der Waals surface area contributed by atoms with Crippen LogP contribution in [0.4, 0.5) is 0 Å². The third-order valence-corrected chi connectivity index (χ3v) is 6.07. The van der Waals surface area contributed by atoms with Crippen LogP contribution in [0.2, 0.25) is 0 Å². The van der Waals surface area contributed by atoms with E-state index in [1.54, 1.807) is 24.3 Å². The predicted octanol–water partition coefficient (Wildman–Crippen LogP) is 2.18. The number of fused-ring (bicyclic) bond motifs is 1. The number of amides is 1. The molecule has 2 aliphatic rings. The topological polar surface area (TPSA) is 63.7 Å². The molecule has 1 fully saturated rings. The van der Waals surface area contributed by atoms with E-state index >= 15 is 0 Å². The molecule has 5 nitrogen and oxygen atoms in total. The Morgan fingerprint density at radius 3 is 2.73 bits per heavy atom. The molecule has 0 bridgehead atoms. The molecular weight excluding hydrogens is 302 g/mol. The number of rotatable bonds is 3. The fraction of sp³-hybridized carbons (Fsp3) is 0.562. The fourth-order valence-corrected chi connectivity index (χ4v) is 4.81. The summed E-state index contributed by atoms with van der Waals surface area (Å²) in [7, 11) is -3.56. The van der Waals surface area contributed by atoms with Crippen molar-refractivity contribution in [1.82, 2.24) is 4.31 Å². The van der Waals surface area contributed by atoms with Gasteiger partial charge in [-0.05, 0) is 44.2 Å². The zero-order valence-corrected chi connectivity index (χ0v) is 13.7. The van der Waals surface area contributed by atoms with Crippen LogP contribution >= 0.6 is 0 Å². The van der Waals surface area contributed by atoms with Crippen LogP contribution in [-0.2, 0) is 20.5 Å². The van der Waals surface area contributed by atoms with Gasteiger partial charge in [-0.2, -0.15) is 0 Å². The lowest BCUT2D eigenvalue weighted by Gasteiger charge is -2.28. The van der Waals surface area contributed by atoms with Crippen LogP contribution in [0.3, 0.4) is 0 Å². The first kappa shape index (κ1) is 15.5. The van der Waals surface area contributed by atoms with Crippen LogP contribution in [0.25, 0.3) is 0 Å². The van der Waals surface area contributed by atoms with Gasteiger partial charge in [-0.3, -0.25) is 4.79 Å². The zero-order chi connectivity index (χ0) is 16.0. The second-order valence-electron chi connectivity index (χ2n) is 6.72. The summed E-state index contributed by atoms with van der Waals surface area (Å²) in [6.07, 6.45) is 1.54. The number of sulfonamides is 1. The van der Waals surface area contributed by atoms with Crippen molar-refractivity contribution in [1.29, 1.82) is 0 Å². The number of benzene rings is 1. The smallest absolute Gasteiger partial charge is 0.267 e. The summed E-state index contributed by atoms with van der Waals surface area (Å²) in [6, 6.07) is 6.92. The average molecular weight is 323 g/mol. The summed E-state index contributed by atoms with van der Waals surface area (Å²) in [6.45, 7) is 4.93. The van der Waals surface area contributed by atoms with Gasteiger partial charge in [-0.25, -0.2) is 12.7 Å². The Morgan fingerprint density at radius 2 is 2.05 bits per heavy atom. The summed E-state index contributed by atoms with van der Waals surface area (Å²) in [5.74, 6) is -0.197. The number of carbonyl (C=O) groups is 1. The second-order valence-corrected chi connectivity index (χ2v) is 8.61. The highest BCUT2D eigenvalue weighted by molar-refractivity contribution is 7.89. The van der Waals surface area contributed by atoms with E-state index in [-0.39, 0.29) is 17.9 Å². The maximum Gasteiger partial charge on any atom is 0.267 e. The van der Waals surface area contributed by atoms with E-state index in [9.17, 15) is 13.2 Å². The zero-order valence-electron chi connectivity index (χ0n) is 12.9. The average Bonchev–Trinajstić information content (AvgIpc) is 2.77. The minimum Gasteiger partial charge on any atom is -0.375 e. The molecule has 1 aromatic rings. The third kappa shape index (κ3) is 2.90. The Hall–Kier alpha value is -1.40. The van der Waals surface area contributed by atoms with E-state index in [4.69, 9.17) is 4.74 Å². The molecule has 1 amide bonds. The molecule has 1 saturated heterocycles. The monoisotopic (exact) mass is 323 g/mol. The highest BCUT2D eigenvalue weighted by Gasteiger charge is 2.37. The minimum atomic E-state index is -3.56. The number of ether oxygens (including phenoxy) is 1. The van der Waals surface area contributed by atoms with Gasteiger partial charge in [0, 0.05) is 12.1 Å². The molecule has 0 saturated carbocycles. The standard InChI is InChI=1S/C16H21NO4S/c1-16(2)9-12(10-21-16)7-8-17-15(18)14-6-4-3-5-13(14)11-22(17,19)20/h3-6,12H,7-11H2,1-2H3. The van der Waals surface area contributed by atoms with E-state index in [1.165, 1.54) is 0 Å². The first-order valence-corrected chi connectivity index (χ1v) is 9.16. The van der Waals surface area contributed by atoms with Crippen molar-refractivity contribution in [3.8, 4) is 0 Å². The molecule has 0 N–H and O–H groups in total. The van der Waals surface area contributed by atoms with Gasteiger partial charge in [0.05, 0.1) is 18.0 Å². The summed E-state index contributed by atoms with van der Waals surface area (Å²) in [5.41, 5.74) is 0.941. The summed E-state index contributed by atoms with van der Waals surface area (Å²) < 4.78 is 31.4. The van der Waals surface area contributed by atoms with E-state index in [2.05, 4.69) is 0 Å². The molecule has 2 aliphatic heterocycles. The summed E-state index contributed by atoms with van der Waals surface area (Å²) in [5, 5.41) is 0. The molecule has 0 spiro atoms. The van der Waals surface area contributed by atoms with Crippen molar-refractivity contribution in [2.75, 3.05) is 13.2 Å². The molecule has 1 atom stereocenters. The van der Waals surface area contributed by atoms with Crippen LogP contribution < -0.4 is 0 Å². The van der Waals surface area contributed by atoms with Crippen molar-refractivity contribution < 1.29 is 17.9 Å². The van der Waals surface area contributed by atoms with Crippen LogP contribution in [0.5, 0.6) is 0 Å². The molecule has 3 rings (SSSR count). The van der Waals surface area contributed by atoms with Crippen molar-refractivity contribution in [3.05, 3.63) is 35.4 Å². The molecule has 22 heavy (non-hydrogen) atoms. The van der Waals surface area contributed by atoms with Crippen molar-refractivity contribution in [2.45, 2.75) is 38.0 Å². The normalized spacial score (nSPS) is 26.0. The molecule has 1 unspecified atom stereocenters. The summed E-state index contributed by atoms with van der Waals surface area (Å²) in [4.78, 5) is 12.5. The molecule has 0 aromatic heterocycles. The summed E-state index contributed by atoms with van der Waals surface area (Å²) >= 11 is 0. The van der Waals surface area contributed by atoms with Gasteiger partial charge in [0.15, 0.2) is 0 Å². The lowest BCUT2D eigenvalue weighted by molar-refractivity contribution is 0.0347. The molecule has 2 heterocycles. The number of nitrogens with zero attached hydrogens (tertiary/aromatic N) is 1. The highest BCUT2D eigenvalue weighted by Crippen LogP contribution is 2.32. The quantitative estimate of drug-likeness (QED) is 0.855. The van der Waals surface area contributed by atoms with Gasteiger partial charge in [0.1, 0.15) is 0 Å². The number of hydrogen-bond donors (Lipinski definition) is 0. The lowest BCUT2D eigenvalue weighted by Crippen LogP contribution is -2.43. The Morgan fingerprint density at radius 1 is 1.32 bits per heavy atom. The van der Waals surface area contributed by atoms with Gasteiger partial charge >= 0.3 is 0 Å². The second kappa shape index (κ2) is 5.35. The Bertz CT molecular complexity index is 696. The van der Waals surface area contributed by atoms with Crippen LogP contribution in [-0.4, -0.2) is 37.4 Å². The van der Waals surface area contributed by atoms with E-state index in [0.29, 0.717) is 30.1 Å². The maximum atomic E-state index is 12.5. The first-order chi connectivity index (χ1) is 10.3. The van der Waals surface area contributed by atoms with E-state index < -0.39 is 15.9 Å². The highest BCUT2D eigenvalue weighted by atomic mass is 32.2. The number of hydrogen-bond acceptors (Lipinski definition) is 4. The first-order valence-electron chi connectivity index (χ1n) is 7.55. The van der Waals surface area contributed by atoms with Crippen molar-refractivity contribution in [2.24, 2.45) is 5.92 Å². The SMILES string of the molecule is CC1(C)CC(CCN2C(=O)c3ccccc3CS2(=O)=O)CO1. The molecule has 6 heteroatoms. The van der Waals surface area contributed by atoms with Gasteiger partial charge < -0.3 is 4.74 Å². The predicted molar refractivity (Wildman–Crippen MR) is 82.9 cm³/mol. The fourth-order valence-electron chi connectivity index (χ4n) is 3.27. The van der Waals surface area contributed by atoms with E-state index in [0.717, 1.165) is 10.7 Å². The molecule has 1 aromatic carbocycles. The minimum absolute atomic E-state index is 0.0957. The molecule has 0 aliphatic carbocycles. The van der Waals surface area contributed by atoms with Crippen LogP contribution in [0, 0.1) is 5.92 Å². The molecule has 0 radical (unpaired) electrons. The van der Waals surface area contributed by atoms with Gasteiger partial charge in [-0.1, -0.05) is 18.2 Å². The maximum absolute atomic E-state index is 12.5. The van der Waals surface area contributed by atoms with Crippen molar-refractivity contribution >= 4 is 15.9 Å². The van der Waals surface area contributed by atoms with Gasteiger partial charge in [-0.15, -0.1) is 0 Å². The molecular formula is C16H21NO4S. The molecule has 120 valence electrons. The lowest BCUT2D eigenvalue weighted by atomic mass is 9.95. The van der Waals surface area contributed by atoms with Gasteiger partial charge in [0.25, 0.3) is 5.91 Å². The van der Waals surface area contributed by atoms with Crippen LogP contribution in [0.1, 0.15) is 42.6 Å².